The second-order valence-corrected chi connectivity index (χ2v) is 9.13. The molecule has 0 radical (unpaired) electrons. The average molecular weight is 478 g/mol. The molecule has 0 unspecified atom stereocenters. The minimum Gasteiger partial charge on any atom is -0.345 e. The zero-order chi connectivity index (χ0) is 23.9. The number of rotatable bonds is 8. The van der Waals surface area contributed by atoms with E-state index in [0.29, 0.717) is 18.1 Å². The van der Waals surface area contributed by atoms with Gasteiger partial charge >= 0.3 is 0 Å². The van der Waals surface area contributed by atoms with Gasteiger partial charge in [-0.2, -0.15) is 0 Å². The van der Waals surface area contributed by atoms with Gasteiger partial charge in [0.2, 0.25) is 5.91 Å². The monoisotopic (exact) mass is 477 g/mol. The zero-order valence-electron chi connectivity index (χ0n) is 19.0. The molecule has 1 aliphatic carbocycles. The third-order valence-corrected chi connectivity index (χ3v) is 6.55. The van der Waals surface area contributed by atoms with Crippen LogP contribution in [0.1, 0.15) is 48.9 Å². The van der Waals surface area contributed by atoms with Crippen LogP contribution in [0.15, 0.2) is 72.9 Å². The molecule has 7 heteroatoms. The number of carbonyl (C=O) groups excluding carboxylic acids is 1. The summed E-state index contributed by atoms with van der Waals surface area (Å²) >= 11 is 6.16. The molecule has 2 aromatic carbocycles. The molecule has 1 amide bonds. The van der Waals surface area contributed by atoms with Crippen molar-refractivity contribution >= 4 is 29.3 Å². The van der Waals surface area contributed by atoms with Crippen LogP contribution in [0.2, 0.25) is 5.02 Å². The van der Waals surface area contributed by atoms with E-state index in [2.05, 4.69) is 10.6 Å². The fraction of sp³-hybridized carbons (Fsp3) is 0.296. The van der Waals surface area contributed by atoms with Crippen molar-refractivity contribution in [2.75, 3.05) is 0 Å². The highest BCUT2D eigenvalue weighted by atomic mass is 35.5. The smallest absolute Gasteiger partial charge is 0.269 e. The highest BCUT2D eigenvalue weighted by Crippen LogP contribution is 2.25. The molecule has 176 valence electrons. The topological polar surface area (TPSA) is 68.4 Å². The van der Waals surface area contributed by atoms with Crippen molar-refractivity contribution in [1.29, 1.82) is 0 Å². The van der Waals surface area contributed by atoms with Crippen LogP contribution >= 0.6 is 11.6 Å². The maximum atomic E-state index is 13.3. The van der Waals surface area contributed by atoms with Crippen molar-refractivity contribution in [3.63, 3.8) is 0 Å². The Labute approximate surface area is 204 Å². The number of aromatic nitrogens is 1. The summed E-state index contributed by atoms with van der Waals surface area (Å²) in [6.45, 7) is 1.22. The molecule has 34 heavy (non-hydrogen) atoms. The molecule has 6 nitrogen and oxygen atoms in total. The van der Waals surface area contributed by atoms with Gasteiger partial charge in [-0.3, -0.25) is 14.9 Å². The Morgan fingerprint density at radius 2 is 1.85 bits per heavy atom. The molecule has 0 N–H and O–H groups in total. The lowest BCUT2D eigenvalue weighted by Crippen LogP contribution is -2.40. The van der Waals surface area contributed by atoms with Crippen LogP contribution in [-0.4, -0.2) is 26.3 Å². The standard InChI is InChI=1S/C27H28ClN3O3/c28-23-7-4-6-22(18-23)19-29-17-5-10-26(29)20-30(24-8-2-1-3-9-24)27(32)16-13-21-11-14-25(15-12-21)31(33)34/h4-7,10-18,24H,1-3,8-9,19-20H2. The molecule has 3 aromatic rings. The van der Waals surface area contributed by atoms with Crippen molar-refractivity contribution in [3.05, 3.63) is 105 Å². The summed E-state index contributed by atoms with van der Waals surface area (Å²) in [6, 6.07) is 18.3. The average Bonchev–Trinajstić information content (AvgIpc) is 3.28. The molecule has 1 fully saturated rings. The Hall–Kier alpha value is -3.38. The van der Waals surface area contributed by atoms with Gasteiger partial charge in [0, 0.05) is 47.7 Å². The van der Waals surface area contributed by atoms with Crippen molar-refractivity contribution in [2.45, 2.75) is 51.2 Å². The summed E-state index contributed by atoms with van der Waals surface area (Å²) in [7, 11) is 0. The number of halogens is 1. The molecule has 4 rings (SSSR count). The molecule has 1 aromatic heterocycles. The first kappa shape index (κ1) is 23.8. The minimum atomic E-state index is -0.429. The lowest BCUT2D eigenvalue weighted by Gasteiger charge is -2.34. The Morgan fingerprint density at radius 3 is 2.56 bits per heavy atom. The van der Waals surface area contributed by atoms with Gasteiger partial charge in [0.25, 0.3) is 5.69 Å². The van der Waals surface area contributed by atoms with E-state index in [-0.39, 0.29) is 17.6 Å². The van der Waals surface area contributed by atoms with Gasteiger partial charge in [-0.25, -0.2) is 0 Å². The van der Waals surface area contributed by atoms with Crippen molar-refractivity contribution < 1.29 is 9.72 Å². The van der Waals surface area contributed by atoms with Gasteiger partial charge in [0.15, 0.2) is 0 Å². The highest BCUT2D eigenvalue weighted by Gasteiger charge is 2.25. The van der Waals surface area contributed by atoms with Gasteiger partial charge in [-0.15, -0.1) is 0 Å². The lowest BCUT2D eigenvalue weighted by atomic mass is 9.94. The maximum absolute atomic E-state index is 13.3. The Morgan fingerprint density at radius 1 is 1.09 bits per heavy atom. The number of nitro benzene ring substituents is 1. The number of hydrogen-bond acceptors (Lipinski definition) is 3. The minimum absolute atomic E-state index is 0.0350. The predicted octanol–water partition coefficient (Wildman–Crippen LogP) is 6.47. The Balaban J connectivity index is 1.52. The molecule has 0 saturated heterocycles. The van der Waals surface area contributed by atoms with Gasteiger partial charge in [-0.05, 0) is 66.4 Å². The van der Waals surface area contributed by atoms with Gasteiger partial charge in [0.05, 0.1) is 11.5 Å². The fourth-order valence-corrected chi connectivity index (χ4v) is 4.72. The lowest BCUT2D eigenvalue weighted by molar-refractivity contribution is -0.384. The summed E-state index contributed by atoms with van der Waals surface area (Å²) < 4.78 is 2.16. The van der Waals surface area contributed by atoms with Crippen LogP contribution in [0.5, 0.6) is 0 Å². The van der Waals surface area contributed by atoms with Crippen LogP contribution in [0.3, 0.4) is 0 Å². The number of amides is 1. The first-order chi connectivity index (χ1) is 16.5. The molecule has 0 atom stereocenters. The van der Waals surface area contributed by atoms with Crippen LogP contribution in [0.4, 0.5) is 5.69 Å². The Kier molecular flexibility index (Phi) is 7.80. The van der Waals surface area contributed by atoms with Gasteiger partial charge < -0.3 is 9.47 Å². The molecule has 0 spiro atoms. The normalized spacial score (nSPS) is 14.4. The van der Waals surface area contributed by atoms with E-state index in [1.165, 1.54) is 18.6 Å². The molecule has 0 bridgehead atoms. The van der Waals surface area contributed by atoms with Crippen LogP contribution in [0.25, 0.3) is 6.08 Å². The SMILES string of the molecule is O=C(C=Cc1ccc([N+](=O)[O-])cc1)N(Cc1cccn1Cc1cccc(Cl)c1)C1CCCCC1. The van der Waals surface area contributed by atoms with Crippen molar-refractivity contribution in [3.8, 4) is 0 Å². The first-order valence-electron chi connectivity index (χ1n) is 11.6. The number of carbonyl (C=O) groups is 1. The van der Waals surface area contributed by atoms with E-state index in [4.69, 9.17) is 11.6 Å². The second-order valence-electron chi connectivity index (χ2n) is 8.70. The maximum Gasteiger partial charge on any atom is 0.269 e. The number of nitrogens with zero attached hydrogens (tertiary/aromatic N) is 3. The number of benzene rings is 2. The van der Waals surface area contributed by atoms with Crippen LogP contribution in [-0.2, 0) is 17.9 Å². The summed E-state index contributed by atoms with van der Waals surface area (Å²) in [6.07, 6.45) is 10.8. The predicted molar refractivity (Wildman–Crippen MR) is 135 cm³/mol. The molecule has 1 aliphatic rings. The van der Waals surface area contributed by atoms with Gasteiger partial charge in [-0.1, -0.05) is 43.0 Å². The summed E-state index contributed by atoms with van der Waals surface area (Å²) in [5, 5.41) is 11.6. The van der Waals surface area contributed by atoms with E-state index in [0.717, 1.165) is 42.5 Å². The Bertz CT molecular complexity index is 1160. The van der Waals surface area contributed by atoms with E-state index in [9.17, 15) is 14.9 Å². The van der Waals surface area contributed by atoms with E-state index in [1.807, 2.05) is 41.4 Å². The largest absolute Gasteiger partial charge is 0.345 e. The summed E-state index contributed by atoms with van der Waals surface area (Å²) in [5.74, 6) is -0.0410. The van der Waals surface area contributed by atoms with Crippen LogP contribution in [0, 0.1) is 10.1 Å². The van der Waals surface area contributed by atoms with E-state index < -0.39 is 4.92 Å². The van der Waals surface area contributed by atoms with Crippen molar-refractivity contribution in [2.24, 2.45) is 0 Å². The van der Waals surface area contributed by atoms with E-state index >= 15 is 0 Å². The van der Waals surface area contributed by atoms with Gasteiger partial charge in [0.1, 0.15) is 0 Å². The highest BCUT2D eigenvalue weighted by molar-refractivity contribution is 6.30. The summed E-state index contributed by atoms with van der Waals surface area (Å²) in [4.78, 5) is 25.8. The number of hydrogen-bond donors (Lipinski definition) is 0. The molecular weight excluding hydrogens is 450 g/mol. The zero-order valence-corrected chi connectivity index (χ0v) is 19.7. The third kappa shape index (κ3) is 6.14. The number of nitro groups is 1. The van der Waals surface area contributed by atoms with Crippen LogP contribution < -0.4 is 0 Å². The molecule has 1 heterocycles. The van der Waals surface area contributed by atoms with Crippen molar-refractivity contribution in [1.82, 2.24) is 9.47 Å². The molecule has 0 aliphatic heterocycles. The first-order valence-corrected chi connectivity index (χ1v) is 12.0. The van der Waals surface area contributed by atoms with E-state index in [1.54, 1.807) is 24.3 Å². The quantitative estimate of drug-likeness (QED) is 0.212. The third-order valence-electron chi connectivity index (χ3n) is 6.32. The fourth-order valence-electron chi connectivity index (χ4n) is 4.50. The number of non-ortho nitro benzene ring substituents is 1. The molecular formula is C27H28ClN3O3. The summed E-state index contributed by atoms with van der Waals surface area (Å²) in [5.41, 5.74) is 2.97. The molecule has 1 saturated carbocycles. The second kappa shape index (κ2) is 11.2.